The number of fused-ring (bicyclic) bond motifs is 1. The van der Waals surface area contributed by atoms with Crippen molar-refractivity contribution in [3.05, 3.63) is 15.6 Å². The van der Waals surface area contributed by atoms with Gasteiger partial charge in [-0.25, -0.2) is 4.98 Å². The van der Waals surface area contributed by atoms with Crippen molar-refractivity contribution < 1.29 is 4.79 Å². The molecular weight excluding hydrogens is 394 g/mol. The number of amidine groups is 2. The van der Waals surface area contributed by atoms with Gasteiger partial charge < -0.3 is 9.69 Å². The summed E-state index contributed by atoms with van der Waals surface area (Å²) in [4.78, 5) is 18.9. The second-order valence-corrected chi connectivity index (χ2v) is 10.7. The van der Waals surface area contributed by atoms with E-state index in [2.05, 4.69) is 32.6 Å². The van der Waals surface area contributed by atoms with Crippen LogP contribution in [0.4, 0.5) is 0 Å². The SMILES string of the molecule is C=O.CCCC(=N)N(CCC)C(=N)C1CCCN1Cc1nc(C23CC2(C)C3)c(C)s1. The van der Waals surface area contributed by atoms with Crippen LogP contribution in [0.25, 0.3) is 0 Å². The maximum atomic E-state index is 8.87. The molecule has 2 heterocycles. The minimum atomic E-state index is 0.127. The predicted octanol–water partition coefficient (Wildman–Crippen LogP) is 4.75. The van der Waals surface area contributed by atoms with Crippen LogP contribution in [0.2, 0.25) is 0 Å². The first-order valence-electron chi connectivity index (χ1n) is 11.3. The molecule has 1 aromatic heterocycles. The average molecular weight is 432 g/mol. The van der Waals surface area contributed by atoms with Crippen LogP contribution < -0.4 is 0 Å². The monoisotopic (exact) mass is 431 g/mol. The van der Waals surface area contributed by atoms with E-state index in [1.54, 1.807) is 0 Å². The molecule has 6 nitrogen and oxygen atoms in total. The lowest BCUT2D eigenvalue weighted by Gasteiger charge is -2.32. The zero-order valence-corrected chi connectivity index (χ0v) is 19.8. The third kappa shape index (κ3) is 3.98. The Balaban J connectivity index is 0.00000124. The van der Waals surface area contributed by atoms with E-state index in [1.807, 2.05) is 23.0 Å². The topological polar surface area (TPSA) is 84.1 Å². The van der Waals surface area contributed by atoms with E-state index >= 15 is 0 Å². The van der Waals surface area contributed by atoms with Gasteiger partial charge in [-0.15, -0.1) is 11.3 Å². The molecule has 7 heteroatoms. The highest BCUT2D eigenvalue weighted by atomic mass is 32.1. The van der Waals surface area contributed by atoms with Crippen LogP contribution in [0.3, 0.4) is 0 Å². The smallest absolute Gasteiger partial charge is 0.119 e. The van der Waals surface area contributed by atoms with Crippen LogP contribution >= 0.6 is 11.3 Å². The van der Waals surface area contributed by atoms with Crippen molar-refractivity contribution in [3.63, 3.8) is 0 Å². The van der Waals surface area contributed by atoms with Crippen LogP contribution in [0, 0.1) is 23.2 Å². The molecule has 2 aliphatic carbocycles. The summed E-state index contributed by atoms with van der Waals surface area (Å²) < 4.78 is 0. The highest BCUT2D eigenvalue weighted by Gasteiger charge is 2.81. The van der Waals surface area contributed by atoms with E-state index in [4.69, 9.17) is 20.6 Å². The van der Waals surface area contributed by atoms with Crippen molar-refractivity contribution in [3.8, 4) is 0 Å². The second kappa shape index (κ2) is 8.87. The Hall–Kier alpha value is -1.60. The second-order valence-electron chi connectivity index (χ2n) is 9.37. The minimum Gasteiger partial charge on any atom is -0.318 e. The number of aromatic nitrogens is 1. The number of hydrogen-bond acceptors (Lipinski definition) is 6. The molecule has 2 N–H and O–H groups in total. The number of thiazole rings is 1. The number of hydrogen-bond donors (Lipinski definition) is 2. The van der Waals surface area contributed by atoms with Gasteiger partial charge in [0.1, 0.15) is 23.5 Å². The van der Waals surface area contributed by atoms with Gasteiger partial charge in [0, 0.05) is 23.3 Å². The van der Waals surface area contributed by atoms with Gasteiger partial charge in [0.2, 0.25) is 0 Å². The van der Waals surface area contributed by atoms with Crippen molar-refractivity contribution >= 4 is 29.8 Å². The van der Waals surface area contributed by atoms with Gasteiger partial charge in [-0.05, 0) is 57.4 Å². The van der Waals surface area contributed by atoms with Crippen molar-refractivity contribution in [1.82, 2.24) is 14.8 Å². The number of nitrogens with zero attached hydrogens (tertiary/aromatic N) is 3. The summed E-state index contributed by atoms with van der Waals surface area (Å²) in [5, 5.41) is 18.5. The average Bonchev–Trinajstić information content (AvgIpc) is 3.25. The van der Waals surface area contributed by atoms with Crippen LogP contribution in [0.1, 0.15) is 81.3 Å². The summed E-state index contributed by atoms with van der Waals surface area (Å²) >= 11 is 1.86. The number of carbonyl (C=O) groups is 1. The van der Waals surface area contributed by atoms with Gasteiger partial charge in [-0.1, -0.05) is 20.8 Å². The molecule has 0 spiro atoms. The van der Waals surface area contributed by atoms with E-state index in [9.17, 15) is 0 Å². The Morgan fingerprint density at radius 2 is 1.97 bits per heavy atom. The van der Waals surface area contributed by atoms with Crippen LogP contribution in [-0.2, 0) is 16.8 Å². The fourth-order valence-electron chi connectivity index (χ4n) is 5.28. The zero-order chi connectivity index (χ0) is 22.1. The standard InChI is InChI=1S/C22H35N5S.CH2O/c1-5-8-17(23)27(10-6-2)20(24)16-9-7-11-26(16)12-18-25-19(15(3)28-18)22-13-21(22,4)14-22;1-2/h16,23-24H,5-14H2,1-4H3;1H2. The fraction of sp³-hybridized carbons (Fsp3) is 0.739. The van der Waals surface area contributed by atoms with Crippen LogP contribution in [-0.4, -0.2) is 52.4 Å². The van der Waals surface area contributed by atoms with Gasteiger partial charge in [0.25, 0.3) is 0 Å². The Bertz CT molecular complexity index is 798. The van der Waals surface area contributed by atoms with Crippen LogP contribution in [0.5, 0.6) is 0 Å². The molecule has 166 valence electrons. The first-order valence-corrected chi connectivity index (χ1v) is 12.1. The summed E-state index contributed by atoms with van der Waals surface area (Å²) in [6.45, 7) is 13.5. The molecule has 0 bridgehead atoms. The number of aryl methyl sites for hydroxylation is 1. The molecule has 3 fully saturated rings. The summed E-state index contributed by atoms with van der Waals surface area (Å²) in [5.74, 6) is 1.23. The Labute approximate surface area is 185 Å². The first kappa shape index (κ1) is 23.1. The molecule has 3 aliphatic rings. The van der Waals surface area contributed by atoms with Crippen molar-refractivity contribution in [2.45, 2.75) is 90.6 Å². The lowest BCUT2D eigenvalue weighted by Crippen LogP contribution is -2.47. The predicted molar refractivity (Wildman–Crippen MR) is 124 cm³/mol. The van der Waals surface area contributed by atoms with Crippen molar-refractivity contribution in [1.29, 1.82) is 10.8 Å². The van der Waals surface area contributed by atoms with Crippen molar-refractivity contribution in [2.75, 3.05) is 13.1 Å². The normalized spacial score (nSPS) is 29.0. The van der Waals surface area contributed by atoms with Gasteiger partial charge in [-0.2, -0.15) is 0 Å². The van der Waals surface area contributed by atoms with E-state index < -0.39 is 0 Å². The Morgan fingerprint density at radius 3 is 2.53 bits per heavy atom. The Morgan fingerprint density at radius 1 is 1.30 bits per heavy atom. The molecule has 4 rings (SSSR count). The minimum absolute atomic E-state index is 0.127. The molecule has 30 heavy (non-hydrogen) atoms. The molecule has 1 saturated heterocycles. The molecule has 1 unspecified atom stereocenters. The van der Waals surface area contributed by atoms with Crippen LogP contribution in [0.15, 0.2) is 0 Å². The molecule has 1 aromatic rings. The third-order valence-corrected chi connectivity index (χ3v) is 8.11. The summed E-state index contributed by atoms with van der Waals surface area (Å²) in [6, 6.07) is 0.127. The molecule has 0 radical (unpaired) electrons. The molecule has 1 atom stereocenters. The Kier molecular flexibility index (Phi) is 6.82. The van der Waals surface area contributed by atoms with Gasteiger partial charge in [-0.3, -0.25) is 15.7 Å². The van der Waals surface area contributed by atoms with Gasteiger partial charge in [0.15, 0.2) is 0 Å². The zero-order valence-electron chi connectivity index (χ0n) is 19.0. The fourth-order valence-corrected chi connectivity index (χ4v) is 6.34. The molecular formula is C23H37N5OS. The highest BCUT2D eigenvalue weighted by molar-refractivity contribution is 7.11. The lowest BCUT2D eigenvalue weighted by atomic mass is 10.1. The molecule has 1 aliphatic heterocycles. The largest absolute Gasteiger partial charge is 0.318 e. The van der Waals surface area contributed by atoms with E-state index in [0.29, 0.717) is 22.5 Å². The molecule has 0 amide bonds. The van der Waals surface area contributed by atoms with E-state index in [0.717, 1.165) is 51.7 Å². The lowest BCUT2D eigenvalue weighted by molar-refractivity contribution is -0.0979. The number of likely N-dealkylation sites (tertiary alicyclic amines) is 1. The van der Waals surface area contributed by atoms with E-state index in [1.165, 1.54) is 28.4 Å². The van der Waals surface area contributed by atoms with Gasteiger partial charge in [0.05, 0.1) is 18.3 Å². The quantitative estimate of drug-likeness (QED) is 0.459. The number of nitrogens with one attached hydrogen (secondary N) is 2. The maximum Gasteiger partial charge on any atom is 0.119 e. The summed E-state index contributed by atoms with van der Waals surface area (Å²) in [5.41, 5.74) is 2.36. The maximum absolute atomic E-state index is 8.87. The molecule has 2 saturated carbocycles. The number of carbonyl (C=O) groups excluding carboxylic acids is 1. The van der Waals surface area contributed by atoms with Crippen molar-refractivity contribution in [2.24, 2.45) is 5.41 Å². The highest BCUT2D eigenvalue weighted by Crippen LogP contribution is 2.85. The van der Waals surface area contributed by atoms with E-state index in [-0.39, 0.29) is 6.04 Å². The number of rotatable bonds is 8. The van der Waals surface area contributed by atoms with Gasteiger partial charge >= 0.3 is 0 Å². The molecule has 0 aromatic carbocycles. The summed E-state index contributed by atoms with van der Waals surface area (Å²) in [7, 11) is 0. The first-order chi connectivity index (χ1) is 14.3. The third-order valence-electron chi connectivity index (χ3n) is 7.15. The summed E-state index contributed by atoms with van der Waals surface area (Å²) in [6.07, 6.45) is 7.49.